The summed E-state index contributed by atoms with van der Waals surface area (Å²) in [5.74, 6) is -0.386. The van der Waals surface area contributed by atoms with Gasteiger partial charge in [0.1, 0.15) is 11.5 Å². The number of nitrogens with two attached hydrogens (primary N) is 1. The Bertz CT molecular complexity index is 668. The molecular weight excluding hydrogens is 282 g/mol. The van der Waals surface area contributed by atoms with E-state index in [2.05, 4.69) is 20.8 Å². The molecule has 2 amide bonds. The molecule has 0 radical (unpaired) electrons. The zero-order valence-corrected chi connectivity index (χ0v) is 11.3. The number of aromatic amines is 1. The maximum atomic E-state index is 11.9. The molecule has 8 heteroatoms. The van der Waals surface area contributed by atoms with Crippen LogP contribution in [0.1, 0.15) is 17.4 Å². The fraction of sp³-hybridized carbons (Fsp3) is 0.0833. The van der Waals surface area contributed by atoms with Crippen LogP contribution < -0.4 is 16.4 Å². The molecule has 0 fully saturated rings. The third-order valence-corrected chi connectivity index (χ3v) is 2.69. The molecule has 0 bridgehead atoms. The summed E-state index contributed by atoms with van der Waals surface area (Å²) in [5, 5.41) is 11.7. The number of halogens is 1. The minimum absolute atomic E-state index is 0.225. The van der Waals surface area contributed by atoms with Gasteiger partial charge in [-0.05, 0) is 18.2 Å². The highest BCUT2D eigenvalue weighted by atomic mass is 35.5. The highest BCUT2D eigenvalue weighted by molar-refractivity contribution is 6.34. The lowest BCUT2D eigenvalue weighted by atomic mass is 10.2. The Labute approximate surface area is 119 Å². The lowest BCUT2D eigenvalue weighted by Crippen LogP contribution is -2.12. The third kappa shape index (κ3) is 3.27. The fourth-order valence-corrected chi connectivity index (χ4v) is 1.76. The first kappa shape index (κ1) is 13.9. The minimum atomic E-state index is -0.391. The largest absolute Gasteiger partial charge is 0.382 e. The Morgan fingerprint density at radius 1 is 1.30 bits per heavy atom. The van der Waals surface area contributed by atoms with Gasteiger partial charge in [-0.2, -0.15) is 5.10 Å². The van der Waals surface area contributed by atoms with Gasteiger partial charge in [-0.25, -0.2) is 0 Å². The Kier molecular flexibility index (Phi) is 3.90. The molecule has 0 aliphatic rings. The molecule has 2 aromatic rings. The Morgan fingerprint density at radius 2 is 2.05 bits per heavy atom. The van der Waals surface area contributed by atoms with Crippen molar-refractivity contribution in [1.29, 1.82) is 0 Å². The highest BCUT2D eigenvalue weighted by Crippen LogP contribution is 2.25. The second kappa shape index (κ2) is 5.62. The molecule has 0 aliphatic heterocycles. The number of amides is 2. The van der Waals surface area contributed by atoms with Gasteiger partial charge in [0.25, 0.3) is 5.91 Å². The topological polar surface area (TPSA) is 113 Å². The number of nitrogen functional groups attached to an aromatic ring is 1. The van der Waals surface area contributed by atoms with Gasteiger partial charge in [0, 0.05) is 18.7 Å². The van der Waals surface area contributed by atoms with Crippen molar-refractivity contribution >= 4 is 40.6 Å². The average molecular weight is 294 g/mol. The lowest BCUT2D eigenvalue weighted by molar-refractivity contribution is -0.114. The predicted molar refractivity (Wildman–Crippen MR) is 76.7 cm³/mol. The number of benzene rings is 1. The molecule has 1 aromatic heterocycles. The Hall–Kier alpha value is -2.54. The van der Waals surface area contributed by atoms with Crippen LogP contribution in [0.2, 0.25) is 5.02 Å². The fourth-order valence-electron chi connectivity index (χ4n) is 1.54. The summed E-state index contributed by atoms with van der Waals surface area (Å²) in [5.41, 5.74) is 6.62. The molecule has 1 aromatic carbocycles. The van der Waals surface area contributed by atoms with E-state index in [9.17, 15) is 9.59 Å². The summed E-state index contributed by atoms with van der Waals surface area (Å²) in [6.07, 6.45) is 0. The number of nitrogens with zero attached hydrogens (tertiary/aromatic N) is 1. The first-order chi connectivity index (χ1) is 9.45. The first-order valence-corrected chi connectivity index (χ1v) is 6.03. The van der Waals surface area contributed by atoms with Gasteiger partial charge < -0.3 is 16.4 Å². The highest BCUT2D eigenvalue weighted by Gasteiger charge is 2.10. The van der Waals surface area contributed by atoms with Crippen molar-refractivity contribution in [2.75, 3.05) is 16.4 Å². The van der Waals surface area contributed by atoms with E-state index in [1.54, 1.807) is 12.1 Å². The maximum absolute atomic E-state index is 11.9. The summed E-state index contributed by atoms with van der Waals surface area (Å²) in [6, 6.07) is 6.17. The summed E-state index contributed by atoms with van der Waals surface area (Å²) in [7, 11) is 0. The Morgan fingerprint density at radius 3 is 2.60 bits per heavy atom. The van der Waals surface area contributed by atoms with Gasteiger partial charge in [-0.15, -0.1) is 0 Å². The number of aromatic nitrogens is 2. The van der Waals surface area contributed by atoms with E-state index < -0.39 is 5.91 Å². The average Bonchev–Trinajstić information content (AvgIpc) is 2.79. The van der Waals surface area contributed by atoms with Gasteiger partial charge in [0.05, 0.1) is 10.7 Å². The van der Waals surface area contributed by atoms with E-state index in [0.29, 0.717) is 16.4 Å². The number of carbonyl (C=O) groups excluding carboxylic acids is 2. The number of anilines is 3. The van der Waals surface area contributed by atoms with Crippen LogP contribution in [0, 0.1) is 0 Å². The molecule has 2 rings (SSSR count). The van der Waals surface area contributed by atoms with Gasteiger partial charge in [0.2, 0.25) is 5.91 Å². The molecule has 5 N–H and O–H groups in total. The molecule has 0 saturated carbocycles. The van der Waals surface area contributed by atoms with Crippen molar-refractivity contribution < 1.29 is 9.59 Å². The summed E-state index contributed by atoms with van der Waals surface area (Å²) in [4.78, 5) is 22.8. The number of H-pyrrole nitrogens is 1. The van der Waals surface area contributed by atoms with Gasteiger partial charge in [-0.1, -0.05) is 11.6 Å². The van der Waals surface area contributed by atoms with E-state index in [1.807, 2.05) is 0 Å². The number of rotatable bonds is 3. The predicted octanol–water partition coefficient (Wildman–Crippen LogP) is 1.86. The molecule has 1 heterocycles. The van der Waals surface area contributed by atoms with Crippen LogP contribution in [0.4, 0.5) is 17.2 Å². The normalized spacial score (nSPS) is 10.1. The lowest BCUT2D eigenvalue weighted by Gasteiger charge is -2.08. The molecule has 0 atom stereocenters. The summed E-state index contributed by atoms with van der Waals surface area (Å²) < 4.78 is 0. The van der Waals surface area contributed by atoms with Crippen LogP contribution in [-0.2, 0) is 4.79 Å². The van der Waals surface area contributed by atoms with Gasteiger partial charge in [0.15, 0.2) is 0 Å². The molecule has 0 aliphatic carbocycles. The van der Waals surface area contributed by atoms with Crippen molar-refractivity contribution in [3.05, 3.63) is 35.0 Å². The van der Waals surface area contributed by atoms with Crippen LogP contribution in [0.5, 0.6) is 0 Å². The van der Waals surface area contributed by atoms with Gasteiger partial charge >= 0.3 is 0 Å². The molecular formula is C12H12ClN5O2. The zero-order chi connectivity index (χ0) is 14.7. The van der Waals surface area contributed by atoms with Crippen LogP contribution >= 0.6 is 11.6 Å². The standard InChI is InChI=1S/C12H12ClN5O2/c1-6(19)15-9-3-2-7(4-8(9)13)16-12(20)10-5-11(14)18-17-10/h2-5H,1H3,(H,15,19)(H,16,20)(H3,14,17,18). The number of hydrogen-bond donors (Lipinski definition) is 4. The third-order valence-electron chi connectivity index (χ3n) is 2.38. The molecule has 7 nitrogen and oxygen atoms in total. The van der Waals surface area contributed by atoms with Gasteiger partial charge in [-0.3, -0.25) is 14.7 Å². The molecule has 0 spiro atoms. The van der Waals surface area contributed by atoms with E-state index in [-0.39, 0.29) is 17.4 Å². The second-order valence-corrected chi connectivity index (χ2v) is 4.44. The molecule has 0 unspecified atom stereocenters. The number of hydrogen-bond acceptors (Lipinski definition) is 4. The van der Waals surface area contributed by atoms with E-state index in [1.165, 1.54) is 19.1 Å². The second-order valence-electron chi connectivity index (χ2n) is 4.04. The van der Waals surface area contributed by atoms with E-state index >= 15 is 0 Å². The minimum Gasteiger partial charge on any atom is -0.382 e. The molecule has 20 heavy (non-hydrogen) atoms. The summed E-state index contributed by atoms with van der Waals surface area (Å²) >= 11 is 6.00. The zero-order valence-electron chi connectivity index (χ0n) is 10.5. The molecule has 104 valence electrons. The maximum Gasteiger partial charge on any atom is 0.273 e. The van der Waals surface area contributed by atoms with Crippen molar-refractivity contribution in [2.24, 2.45) is 0 Å². The van der Waals surface area contributed by atoms with Crippen LogP contribution in [0.3, 0.4) is 0 Å². The SMILES string of the molecule is CC(=O)Nc1ccc(NC(=O)c2cc(N)n[nH]2)cc1Cl. The van der Waals surface area contributed by atoms with Crippen LogP contribution in [0.15, 0.2) is 24.3 Å². The van der Waals surface area contributed by atoms with Crippen LogP contribution in [-0.4, -0.2) is 22.0 Å². The van der Waals surface area contributed by atoms with Crippen molar-refractivity contribution in [1.82, 2.24) is 10.2 Å². The molecule has 0 saturated heterocycles. The van der Waals surface area contributed by atoms with E-state index in [0.717, 1.165) is 0 Å². The summed E-state index contributed by atoms with van der Waals surface area (Å²) in [6.45, 7) is 1.38. The first-order valence-electron chi connectivity index (χ1n) is 5.65. The quantitative estimate of drug-likeness (QED) is 0.691. The number of nitrogens with one attached hydrogen (secondary N) is 3. The smallest absolute Gasteiger partial charge is 0.273 e. The van der Waals surface area contributed by atoms with Crippen LogP contribution in [0.25, 0.3) is 0 Å². The van der Waals surface area contributed by atoms with Crippen molar-refractivity contribution in [3.63, 3.8) is 0 Å². The number of carbonyl (C=O) groups is 2. The van der Waals surface area contributed by atoms with Crippen molar-refractivity contribution in [2.45, 2.75) is 6.92 Å². The Balaban J connectivity index is 2.12. The monoisotopic (exact) mass is 293 g/mol. The van der Waals surface area contributed by atoms with E-state index in [4.69, 9.17) is 17.3 Å². The van der Waals surface area contributed by atoms with Crippen molar-refractivity contribution in [3.8, 4) is 0 Å².